The van der Waals surface area contributed by atoms with Crippen LogP contribution in [0.15, 0.2) is 24.3 Å². The molecule has 0 unspecified atom stereocenters. The van der Waals surface area contributed by atoms with Gasteiger partial charge in [-0.2, -0.15) is 0 Å². The Kier molecular flexibility index (Phi) is 4.97. The summed E-state index contributed by atoms with van der Waals surface area (Å²) in [5.74, 6) is 0.0953. The number of benzene rings is 1. The molecule has 1 aliphatic carbocycles. The monoisotopic (exact) mass is 261 g/mol. The largest absolute Gasteiger partial charge is 0.395 e. The molecule has 104 valence electrons. The molecule has 0 heterocycles. The molecule has 1 aliphatic rings. The zero-order valence-corrected chi connectivity index (χ0v) is 11.6. The Morgan fingerprint density at radius 2 is 1.84 bits per heavy atom. The zero-order chi connectivity index (χ0) is 13.7. The van der Waals surface area contributed by atoms with Crippen molar-refractivity contribution in [3.63, 3.8) is 0 Å². The molecule has 0 bridgehead atoms. The number of aliphatic hydroxyl groups is 1. The first-order chi connectivity index (χ1) is 9.22. The number of carbonyl (C=O) groups excluding carboxylic acids is 1. The molecule has 19 heavy (non-hydrogen) atoms. The van der Waals surface area contributed by atoms with E-state index in [0.717, 1.165) is 11.3 Å². The van der Waals surface area contributed by atoms with Gasteiger partial charge in [-0.05, 0) is 44.0 Å². The van der Waals surface area contributed by atoms with Crippen LogP contribution in [0.3, 0.4) is 0 Å². The molecule has 0 atom stereocenters. The van der Waals surface area contributed by atoms with Crippen molar-refractivity contribution in [3.8, 4) is 0 Å². The van der Waals surface area contributed by atoms with Gasteiger partial charge in [0.25, 0.3) is 0 Å². The molecule has 0 aliphatic heterocycles. The molecule has 3 heteroatoms. The highest BCUT2D eigenvalue weighted by atomic mass is 16.3. The minimum absolute atomic E-state index is 0.0953. The van der Waals surface area contributed by atoms with Crippen LogP contribution in [-0.4, -0.2) is 30.1 Å². The standard InChI is InChI=1S/C16H23NO2/c1-13(19)14-7-9-16(10-8-14)17(11-12-18)15-5-3-2-4-6-15/h7-10,15,18H,2-6,11-12H2,1H3. The third-order valence-electron chi connectivity index (χ3n) is 3.96. The van der Waals surface area contributed by atoms with Crippen LogP contribution in [0.25, 0.3) is 0 Å². The maximum absolute atomic E-state index is 11.3. The molecule has 0 amide bonds. The van der Waals surface area contributed by atoms with E-state index >= 15 is 0 Å². The van der Waals surface area contributed by atoms with Crippen LogP contribution >= 0.6 is 0 Å². The topological polar surface area (TPSA) is 40.5 Å². The smallest absolute Gasteiger partial charge is 0.159 e. The maximum Gasteiger partial charge on any atom is 0.159 e. The minimum atomic E-state index is 0.0953. The lowest BCUT2D eigenvalue weighted by atomic mass is 9.93. The van der Waals surface area contributed by atoms with Crippen LogP contribution in [0.1, 0.15) is 49.4 Å². The van der Waals surface area contributed by atoms with Gasteiger partial charge < -0.3 is 10.0 Å². The van der Waals surface area contributed by atoms with Crippen LogP contribution in [0, 0.1) is 0 Å². The van der Waals surface area contributed by atoms with E-state index in [0.29, 0.717) is 12.6 Å². The molecule has 1 aromatic rings. The highest BCUT2D eigenvalue weighted by Crippen LogP contribution is 2.27. The van der Waals surface area contributed by atoms with Crippen molar-refractivity contribution in [1.82, 2.24) is 0 Å². The van der Waals surface area contributed by atoms with E-state index in [1.165, 1.54) is 32.1 Å². The van der Waals surface area contributed by atoms with Crippen molar-refractivity contribution < 1.29 is 9.90 Å². The molecule has 1 N–H and O–H groups in total. The molecular weight excluding hydrogens is 238 g/mol. The summed E-state index contributed by atoms with van der Waals surface area (Å²) < 4.78 is 0. The highest BCUT2D eigenvalue weighted by Gasteiger charge is 2.21. The lowest BCUT2D eigenvalue weighted by molar-refractivity contribution is 0.101. The third-order valence-corrected chi connectivity index (χ3v) is 3.96. The minimum Gasteiger partial charge on any atom is -0.395 e. The normalized spacial score (nSPS) is 16.3. The number of Topliss-reactive ketones (excluding diaryl/α,β-unsaturated/α-hetero) is 1. The van der Waals surface area contributed by atoms with Crippen molar-refractivity contribution in [2.45, 2.75) is 45.1 Å². The molecule has 0 spiro atoms. The maximum atomic E-state index is 11.3. The number of hydrogen-bond acceptors (Lipinski definition) is 3. The second-order valence-corrected chi connectivity index (χ2v) is 5.31. The second-order valence-electron chi connectivity index (χ2n) is 5.31. The number of nitrogens with zero attached hydrogens (tertiary/aromatic N) is 1. The Morgan fingerprint density at radius 3 is 2.37 bits per heavy atom. The molecule has 0 saturated heterocycles. The summed E-state index contributed by atoms with van der Waals surface area (Å²) >= 11 is 0. The van der Waals surface area contributed by atoms with Crippen molar-refractivity contribution in [2.24, 2.45) is 0 Å². The molecule has 0 radical (unpaired) electrons. The number of aliphatic hydroxyl groups excluding tert-OH is 1. The second kappa shape index (κ2) is 6.71. The highest BCUT2D eigenvalue weighted by molar-refractivity contribution is 5.94. The summed E-state index contributed by atoms with van der Waals surface area (Å²) in [4.78, 5) is 13.6. The van der Waals surface area contributed by atoms with Crippen molar-refractivity contribution in [2.75, 3.05) is 18.1 Å². The Labute approximate surface area is 115 Å². The molecule has 1 aromatic carbocycles. The Bertz CT molecular complexity index is 407. The van der Waals surface area contributed by atoms with Crippen LogP contribution in [0.5, 0.6) is 0 Å². The van der Waals surface area contributed by atoms with E-state index in [9.17, 15) is 9.90 Å². The van der Waals surface area contributed by atoms with Crippen molar-refractivity contribution in [1.29, 1.82) is 0 Å². The van der Waals surface area contributed by atoms with Gasteiger partial charge in [-0.1, -0.05) is 19.3 Å². The van der Waals surface area contributed by atoms with Crippen LogP contribution in [-0.2, 0) is 0 Å². The summed E-state index contributed by atoms with van der Waals surface area (Å²) in [6.07, 6.45) is 6.28. The third kappa shape index (κ3) is 3.57. The van der Waals surface area contributed by atoms with Gasteiger partial charge in [0.05, 0.1) is 6.61 Å². The molecule has 2 rings (SSSR count). The van der Waals surface area contributed by atoms with Gasteiger partial charge in [-0.3, -0.25) is 4.79 Å². The van der Waals surface area contributed by atoms with Crippen LogP contribution in [0.4, 0.5) is 5.69 Å². The van der Waals surface area contributed by atoms with Gasteiger partial charge in [-0.25, -0.2) is 0 Å². The quantitative estimate of drug-likeness (QED) is 0.828. The molecule has 3 nitrogen and oxygen atoms in total. The van der Waals surface area contributed by atoms with Crippen molar-refractivity contribution >= 4 is 11.5 Å². The van der Waals surface area contributed by atoms with E-state index in [1.807, 2.05) is 24.3 Å². The van der Waals surface area contributed by atoms with Crippen LogP contribution in [0.2, 0.25) is 0 Å². The Balaban J connectivity index is 2.15. The molecular formula is C16H23NO2. The van der Waals surface area contributed by atoms with E-state index in [-0.39, 0.29) is 12.4 Å². The molecule has 1 saturated carbocycles. The van der Waals surface area contributed by atoms with E-state index < -0.39 is 0 Å². The number of anilines is 1. The molecule has 1 fully saturated rings. The van der Waals surface area contributed by atoms with Crippen LogP contribution < -0.4 is 4.90 Å². The van der Waals surface area contributed by atoms with Gasteiger partial charge in [0.1, 0.15) is 0 Å². The first kappa shape index (κ1) is 14.1. The summed E-state index contributed by atoms with van der Waals surface area (Å²) in [7, 11) is 0. The van der Waals surface area contributed by atoms with Gasteiger partial charge in [-0.15, -0.1) is 0 Å². The molecule has 0 aromatic heterocycles. The SMILES string of the molecule is CC(=O)c1ccc(N(CCO)C2CCCCC2)cc1. The van der Waals surface area contributed by atoms with E-state index in [2.05, 4.69) is 4.90 Å². The lowest BCUT2D eigenvalue weighted by Gasteiger charge is -2.36. The average molecular weight is 261 g/mol. The van der Waals surface area contributed by atoms with Gasteiger partial charge >= 0.3 is 0 Å². The number of hydrogen-bond donors (Lipinski definition) is 1. The fourth-order valence-electron chi connectivity index (χ4n) is 2.91. The number of rotatable bonds is 5. The summed E-state index contributed by atoms with van der Waals surface area (Å²) in [6.45, 7) is 2.43. The predicted molar refractivity (Wildman–Crippen MR) is 77.8 cm³/mol. The first-order valence-corrected chi connectivity index (χ1v) is 7.21. The van der Waals surface area contributed by atoms with Gasteiger partial charge in [0.15, 0.2) is 5.78 Å². The predicted octanol–water partition coefficient (Wildman–Crippen LogP) is 3.02. The Morgan fingerprint density at radius 1 is 1.21 bits per heavy atom. The summed E-state index contributed by atoms with van der Waals surface area (Å²) in [5.41, 5.74) is 1.86. The fourth-order valence-corrected chi connectivity index (χ4v) is 2.91. The summed E-state index contributed by atoms with van der Waals surface area (Å²) in [6, 6.07) is 8.29. The summed E-state index contributed by atoms with van der Waals surface area (Å²) in [5, 5.41) is 9.28. The number of carbonyl (C=O) groups is 1. The van der Waals surface area contributed by atoms with E-state index in [4.69, 9.17) is 0 Å². The van der Waals surface area contributed by atoms with Crippen molar-refractivity contribution in [3.05, 3.63) is 29.8 Å². The number of ketones is 1. The average Bonchev–Trinajstić information content (AvgIpc) is 2.46. The van der Waals surface area contributed by atoms with E-state index in [1.54, 1.807) is 6.92 Å². The van der Waals surface area contributed by atoms with Gasteiger partial charge in [0, 0.05) is 23.8 Å². The first-order valence-electron chi connectivity index (χ1n) is 7.21. The zero-order valence-electron chi connectivity index (χ0n) is 11.6. The van der Waals surface area contributed by atoms with Gasteiger partial charge in [0.2, 0.25) is 0 Å². The fraction of sp³-hybridized carbons (Fsp3) is 0.562. The Hall–Kier alpha value is -1.35. The lowest BCUT2D eigenvalue weighted by Crippen LogP contribution is -2.38.